The zero-order chi connectivity index (χ0) is 20.2. The molecule has 5 nitrogen and oxygen atoms in total. The summed E-state index contributed by atoms with van der Waals surface area (Å²) in [6.45, 7) is 5.12. The first-order valence-electron chi connectivity index (χ1n) is 8.11. The van der Waals surface area contributed by atoms with Crippen LogP contribution in [0.25, 0.3) is 0 Å². The van der Waals surface area contributed by atoms with Crippen molar-refractivity contribution >= 4 is 17.5 Å². The number of amides is 1. The van der Waals surface area contributed by atoms with E-state index in [1.54, 1.807) is 45.0 Å². The molecule has 2 aromatic rings. The predicted molar refractivity (Wildman–Crippen MR) is 95.9 cm³/mol. The summed E-state index contributed by atoms with van der Waals surface area (Å²) < 4.78 is 49.0. The summed E-state index contributed by atoms with van der Waals surface area (Å²) in [7, 11) is 1.46. The summed E-state index contributed by atoms with van der Waals surface area (Å²) in [6, 6.07) is 11.2. The van der Waals surface area contributed by atoms with Gasteiger partial charge in [0.1, 0.15) is 17.0 Å². The molecular formula is C19H21F3N2O3. The average molecular weight is 382 g/mol. The predicted octanol–water partition coefficient (Wildman–Crippen LogP) is 5.29. The minimum Gasteiger partial charge on any atom is -0.494 e. The molecule has 0 spiro atoms. The standard InChI is InChI=1S/C19H21F3N2O3/c1-18(2,3)27-17(25)23-24(15-7-5-6-8-16(15)26-4)14-11-9-13(10-12-14)19(20,21)22/h5-12H,1-4H3,(H,23,25). The number of carbonyl (C=O) groups excluding carboxylic acids is 1. The van der Waals surface area contributed by atoms with Gasteiger partial charge in [-0.25, -0.2) is 15.2 Å². The van der Waals surface area contributed by atoms with Gasteiger partial charge < -0.3 is 9.47 Å². The fourth-order valence-corrected chi connectivity index (χ4v) is 2.27. The highest BCUT2D eigenvalue weighted by Gasteiger charge is 2.30. The summed E-state index contributed by atoms with van der Waals surface area (Å²) in [5, 5.41) is 1.31. The van der Waals surface area contributed by atoms with E-state index in [1.807, 2.05) is 0 Å². The molecule has 8 heteroatoms. The molecule has 0 fully saturated rings. The number of nitrogens with one attached hydrogen (secondary N) is 1. The summed E-state index contributed by atoms with van der Waals surface area (Å²) in [4.78, 5) is 12.2. The van der Waals surface area contributed by atoms with Gasteiger partial charge in [-0.15, -0.1) is 0 Å². The number of anilines is 2. The fraction of sp³-hybridized carbons (Fsp3) is 0.316. The summed E-state index contributed by atoms with van der Waals surface area (Å²) >= 11 is 0. The number of nitrogens with zero attached hydrogens (tertiary/aromatic N) is 1. The van der Waals surface area contributed by atoms with Gasteiger partial charge in [-0.3, -0.25) is 0 Å². The van der Waals surface area contributed by atoms with Crippen molar-refractivity contribution in [3.63, 3.8) is 0 Å². The van der Waals surface area contributed by atoms with E-state index >= 15 is 0 Å². The molecule has 2 rings (SSSR count). The topological polar surface area (TPSA) is 50.8 Å². The van der Waals surface area contributed by atoms with Crippen LogP contribution in [-0.4, -0.2) is 18.8 Å². The van der Waals surface area contributed by atoms with Gasteiger partial charge in [0.2, 0.25) is 0 Å². The summed E-state index contributed by atoms with van der Waals surface area (Å²) in [5.41, 5.74) is 1.76. The van der Waals surface area contributed by atoms with E-state index < -0.39 is 23.4 Å². The van der Waals surface area contributed by atoms with Crippen LogP contribution in [0.5, 0.6) is 5.75 Å². The smallest absolute Gasteiger partial charge is 0.426 e. The number of hydrogen-bond donors (Lipinski definition) is 1. The van der Waals surface area contributed by atoms with Crippen LogP contribution in [0.3, 0.4) is 0 Å². The molecule has 0 aliphatic heterocycles. The third-order valence-corrected chi connectivity index (χ3v) is 3.38. The minimum atomic E-state index is -4.45. The van der Waals surface area contributed by atoms with E-state index in [-0.39, 0.29) is 0 Å². The molecular weight excluding hydrogens is 361 g/mol. The van der Waals surface area contributed by atoms with Crippen molar-refractivity contribution in [1.29, 1.82) is 0 Å². The molecule has 0 atom stereocenters. The maximum atomic E-state index is 12.8. The van der Waals surface area contributed by atoms with Crippen molar-refractivity contribution in [3.05, 3.63) is 54.1 Å². The molecule has 27 heavy (non-hydrogen) atoms. The second kappa shape index (κ2) is 7.77. The van der Waals surface area contributed by atoms with E-state index in [2.05, 4.69) is 5.43 Å². The number of ether oxygens (including phenoxy) is 2. The zero-order valence-corrected chi connectivity index (χ0v) is 15.4. The monoisotopic (exact) mass is 382 g/mol. The lowest BCUT2D eigenvalue weighted by atomic mass is 10.2. The van der Waals surface area contributed by atoms with Gasteiger partial charge in [0, 0.05) is 0 Å². The average Bonchev–Trinajstić information content (AvgIpc) is 2.57. The highest BCUT2D eigenvalue weighted by atomic mass is 19.4. The Labute approximate surface area is 155 Å². The van der Waals surface area contributed by atoms with Gasteiger partial charge in [0.05, 0.1) is 18.4 Å². The Hall–Kier alpha value is -2.90. The Morgan fingerprint density at radius 3 is 2.11 bits per heavy atom. The number of halogens is 3. The Morgan fingerprint density at radius 1 is 1.00 bits per heavy atom. The second-order valence-corrected chi connectivity index (χ2v) is 6.67. The molecule has 0 aromatic heterocycles. The third kappa shape index (κ3) is 5.54. The number of rotatable bonds is 4. The quantitative estimate of drug-likeness (QED) is 0.730. The largest absolute Gasteiger partial charge is 0.494 e. The van der Waals surface area contributed by atoms with Gasteiger partial charge in [0.15, 0.2) is 0 Å². The van der Waals surface area contributed by atoms with Crippen LogP contribution >= 0.6 is 0 Å². The Morgan fingerprint density at radius 2 is 1.59 bits per heavy atom. The molecule has 0 aliphatic carbocycles. The molecule has 0 heterocycles. The number of alkyl halides is 3. The van der Waals surface area contributed by atoms with Crippen molar-refractivity contribution in [2.75, 3.05) is 12.1 Å². The van der Waals surface area contributed by atoms with Crippen LogP contribution in [-0.2, 0) is 10.9 Å². The summed E-state index contributed by atoms with van der Waals surface area (Å²) in [6.07, 6.45) is -5.21. The van der Waals surface area contributed by atoms with Crippen LogP contribution in [0.2, 0.25) is 0 Å². The van der Waals surface area contributed by atoms with Crippen LogP contribution in [0.4, 0.5) is 29.3 Å². The molecule has 0 bridgehead atoms. The van der Waals surface area contributed by atoms with Gasteiger partial charge in [-0.05, 0) is 57.2 Å². The number of hydrazine groups is 1. The zero-order valence-electron chi connectivity index (χ0n) is 15.4. The molecule has 0 saturated heterocycles. The minimum absolute atomic E-state index is 0.304. The van der Waals surface area contributed by atoms with E-state index in [4.69, 9.17) is 9.47 Å². The lowest BCUT2D eigenvalue weighted by Crippen LogP contribution is -2.42. The number of methoxy groups -OCH3 is 1. The third-order valence-electron chi connectivity index (χ3n) is 3.38. The molecule has 0 saturated carbocycles. The SMILES string of the molecule is COc1ccccc1N(NC(=O)OC(C)(C)C)c1ccc(C(F)(F)F)cc1. The number of carbonyl (C=O) groups is 1. The molecule has 1 amide bonds. The van der Waals surface area contributed by atoms with Gasteiger partial charge in [-0.2, -0.15) is 13.2 Å². The fourth-order valence-electron chi connectivity index (χ4n) is 2.27. The molecule has 2 aromatic carbocycles. The Balaban J connectivity index is 2.42. The van der Waals surface area contributed by atoms with Crippen LogP contribution < -0.4 is 15.2 Å². The lowest BCUT2D eigenvalue weighted by Gasteiger charge is -2.28. The molecule has 0 unspecified atom stereocenters. The highest BCUT2D eigenvalue weighted by Crippen LogP contribution is 2.35. The van der Waals surface area contributed by atoms with Crippen molar-refractivity contribution in [3.8, 4) is 5.75 Å². The molecule has 1 N–H and O–H groups in total. The Kier molecular flexibility index (Phi) is 5.88. The first-order chi connectivity index (χ1) is 12.5. The molecule has 0 aliphatic rings. The number of para-hydroxylation sites is 2. The van der Waals surface area contributed by atoms with E-state index in [0.29, 0.717) is 17.1 Å². The van der Waals surface area contributed by atoms with Crippen molar-refractivity contribution in [2.45, 2.75) is 32.5 Å². The maximum absolute atomic E-state index is 12.8. The second-order valence-electron chi connectivity index (χ2n) is 6.67. The number of benzene rings is 2. The van der Waals surface area contributed by atoms with Crippen LogP contribution in [0.1, 0.15) is 26.3 Å². The maximum Gasteiger partial charge on any atom is 0.426 e. The van der Waals surface area contributed by atoms with Gasteiger partial charge in [-0.1, -0.05) is 12.1 Å². The first kappa shape index (κ1) is 20.4. The highest BCUT2D eigenvalue weighted by molar-refractivity contribution is 5.77. The van der Waals surface area contributed by atoms with Crippen molar-refractivity contribution in [2.24, 2.45) is 0 Å². The van der Waals surface area contributed by atoms with Gasteiger partial charge >= 0.3 is 12.3 Å². The van der Waals surface area contributed by atoms with E-state index in [9.17, 15) is 18.0 Å². The Bertz CT molecular complexity index is 784. The van der Waals surface area contributed by atoms with E-state index in [1.165, 1.54) is 24.3 Å². The first-order valence-corrected chi connectivity index (χ1v) is 8.11. The van der Waals surface area contributed by atoms with E-state index in [0.717, 1.165) is 12.1 Å². The van der Waals surface area contributed by atoms with Gasteiger partial charge in [0.25, 0.3) is 0 Å². The summed E-state index contributed by atoms with van der Waals surface area (Å²) in [5.74, 6) is 0.424. The van der Waals surface area contributed by atoms with Crippen molar-refractivity contribution in [1.82, 2.24) is 5.43 Å². The number of hydrogen-bond acceptors (Lipinski definition) is 4. The lowest BCUT2D eigenvalue weighted by molar-refractivity contribution is -0.137. The molecule has 0 radical (unpaired) electrons. The van der Waals surface area contributed by atoms with Crippen molar-refractivity contribution < 1.29 is 27.4 Å². The molecule has 146 valence electrons. The van der Waals surface area contributed by atoms with Crippen LogP contribution in [0, 0.1) is 0 Å². The normalized spacial score (nSPS) is 11.7. The van der Waals surface area contributed by atoms with Crippen LogP contribution in [0.15, 0.2) is 48.5 Å².